The molecular weight excluding hydrogens is 440 g/mol. The van der Waals surface area contributed by atoms with Gasteiger partial charge in [-0.2, -0.15) is 5.10 Å². The summed E-state index contributed by atoms with van der Waals surface area (Å²) in [6.45, 7) is 1.82. The van der Waals surface area contributed by atoms with Gasteiger partial charge < -0.3 is 14.8 Å². The van der Waals surface area contributed by atoms with Crippen LogP contribution in [-0.2, 0) is 11.2 Å². The molecule has 6 nitrogen and oxygen atoms in total. The minimum Gasteiger partial charge on any atom is -0.497 e. The summed E-state index contributed by atoms with van der Waals surface area (Å²) in [4.78, 5) is 12.5. The number of nitrogens with one attached hydrogen (secondary N) is 1. The van der Waals surface area contributed by atoms with Gasteiger partial charge in [0.1, 0.15) is 23.1 Å². The summed E-state index contributed by atoms with van der Waals surface area (Å²) in [5, 5.41) is 7.27. The highest BCUT2D eigenvalue weighted by Gasteiger charge is 2.20. The molecule has 0 spiro atoms. The molecule has 0 aliphatic carbocycles. The van der Waals surface area contributed by atoms with Crippen molar-refractivity contribution in [3.63, 3.8) is 0 Å². The van der Waals surface area contributed by atoms with Crippen molar-refractivity contribution in [2.75, 3.05) is 12.4 Å². The van der Waals surface area contributed by atoms with Crippen LogP contribution in [0.25, 0.3) is 5.69 Å². The summed E-state index contributed by atoms with van der Waals surface area (Å²) < 4.78 is 39.8. The average molecular weight is 463 g/mol. The van der Waals surface area contributed by atoms with Crippen molar-refractivity contribution in [1.29, 1.82) is 0 Å². The number of aromatic nitrogens is 2. The van der Waals surface area contributed by atoms with Crippen LogP contribution < -0.4 is 14.8 Å². The van der Waals surface area contributed by atoms with Gasteiger partial charge in [-0.05, 0) is 80.1 Å². The Morgan fingerprint density at radius 1 is 0.971 bits per heavy atom. The maximum Gasteiger partial charge on any atom is 0.226 e. The van der Waals surface area contributed by atoms with Gasteiger partial charge in [-0.25, -0.2) is 13.5 Å². The molecule has 0 atom stereocenters. The van der Waals surface area contributed by atoms with Crippen molar-refractivity contribution < 1.29 is 23.0 Å². The normalized spacial score (nSPS) is 10.7. The van der Waals surface area contributed by atoms with Gasteiger partial charge >= 0.3 is 0 Å². The van der Waals surface area contributed by atoms with Crippen LogP contribution in [0.5, 0.6) is 17.4 Å². The molecule has 1 N–H and O–H groups in total. The second-order valence-corrected chi connectivity index (χ2v) is 7.59. The summed E-state index contributed by atoms with van der Waals surface area (Å²) in [5.74, 6) is 0.603. The number of carbonyl (C=O) groups excluding carboxylic acids is 1. The van der Waals surface area contributed by atoms with Crippen LogP contribution in [0.2, 0.25) is 0 Å². The van der Waals surface area contributed by atoms with Gasteiger partial charge in [-0.1, -0.05) is 6.07 Å². The number of carbonyl (C=O) groups is 1. The molecule has 1 amide bonds. The Labute approximate surface area is 195 Å². The minimum absolute atomic E-state index is 0.130. The van der Waals surface area contributed by atoms with Gasteiger partial charge in [0.2, 0.25) is 11.8 Å². The molecule has 4 rings (SSSR count). The van der Waals surface area contributed by atoms with E-state index in [2.05, 4.69) is 10.4 Å². The van der Waals surface area contributed by atoms with E-state index < -0.39 is 5.82 Å². The Morgan fingerprint density at radius 2 is 1.68 bits per heavy atom. The van der Waals surface area contributed by atoms with Gasteiger partial charge in [-0.3, -0.25) is 4.79 Å². The molecule has 3 aromatic carbocycles. The van der Waals surface area contributed by atoms with Crippen LogP contribution in [0, 0.1) is 18.6 Å². The number of aryl methyl sites for hydroxylation is 1. The standard InChI is InChI=1S/C26H23F2N3O3/c1-17-24(14-15-25(32)29-20-5-3-4-19(28)16-20)26(34-23-12-10-22(33-2)11-13-23)31(30-17)21-8-6-18(27)7-9-21/h3-13,16H,14-15H2,1-2H3,(H,29,32). The topological polar surface area (TPSA) is 65.4 Å². The first kappa shape index (κ1) is 23.0. The number of halogens is 2. The minimum atomic E-state index is -0.426. The van der Waals surface area contributed by atoms with E-state index in [0.29, 0.717) is 40.9 Å². The zero-order valence-electron chi connectivity index (χ0n) is 18.7. The van der Waals surface area contributed by atoms with E-state index in [1.54, 1.807) is 54.3 Å². The fourth-order valence-corrected chi connectivity index (χ4v) is 3.47. The second kappa shape index (κ2) is 10.2. The number of nitrogens with zero attached hydrogens (tertiary/aromatic N) is 2. The molecule has 0 radical (unpaired) electrons. The predicted molar refractivity (Wildman–Crippen MR) is 125 cm³/mol. The summed E-state index contributed by atoms with van der Waals surface area (Å²) in [7, 11) is 1.58. The lowest BCUT2D eigenvalue weighted by Crippen LogP contribution is -2.12. The molecule has 0 bridgehead atoms. The molecule has 0 fully saturated rings. The molecule has 0 aliphatic rings. The Kier molecular flexibility index (Phi) is 6.87. The Morgan fingerprint density at radius 3 is 2.35 bits per heavy atom. The quantitative estimate of drug-likeness (QED) is 0.357. The van der Waals surface area contributed by atoms with E-state index >= 15 is 0 Å². The van der Waals surface area contributed by atoms with Crippen LogP contribution in [0.3, 0.4) is 0 Å². The largest absolute Gasteiger partial charge is 0.497 e. The van der Waals surface area contributed by atoms with Crippen LogP contribution in [0.15, 0.2) is 72.8 Å². The zero-order chi connectivity index (χ0) is 24.1. The lowest BCUT2D eigenvalue weighted by atomic mass is 10.1. The SMILES string of the molecule is COc1ccc(Oc2c(CCC(=O)Nc3cccc(F)c3)c(C)nn2-c2ccc(F)cc2)cc1. The summed E-state index contributed by atoms with van der Waals surface area (Å²) in [6, 6.07) is 18.7. The van der Waals surface area contributed by atoms with Gasteiger partial charge in [0.25, 0.3) is 0 Å². The number of benzene rings is 3. The highest BCUT2D eigenvalue weighted by atomic mass is 19.1. The molecule has 0 saturated carbocycles. The molecule has 0 saturated heterocycles. The molecule has 34 heavy (non-hydrogen) atoms. The van der Waals surface area contributed by atoms with Crippen molar-refractivity contribution in [3.05, 3.63) is 95.7 Å². The van der Waals surface area contributed by atoms with Crippen molar-refractivity contribution >= 4 is 11.6 Å². The van der Waals surface area contributed by atoms with E-state index in [4.69, 9.17) is 9.47 Å². The zero-order valence-corrected chi connectivity index (χ0v) is 18.7. The first-order chi connectivity index (χ1) is 16.4. The van der Waals surface area contributed by atoms with Gasteiger partial charge in [0.15, 0.2) is 0 Å². The maximum absolute atomic E-state index is 13.5. The predicted octanol–water partition coefficient (Wildman–Crippen LogP) is 5.83. The van der Waals surface area contributed by atoms with Gasteiger partial charge in [0, 0.05) is 17.7 Å². The average Bonchev–Trinajstić information content (AvgIpc) is 3.13. The van der Waals surface area contributed by atoms with E-state index in [-0.39, 0.29) is 18.1 Å². The molecule has 1 heterocycles. The number of rotatable bonds is 8. The number of amides is 1. The van der Waals surface area contributed by atoms with Crippen molar-refractivity contribution in [2.45, 2.75) is 19.8 Å². The third-order valence-corrected chi connectivity index (χ3v) is 5.19. The van der Waals surface area contributed by atoms with E-state index in [1.807, 2.05) is 6.92 Å². The Bertz CT molecular complexity index is 1290. The second-order valence-electron chi connectivity index (χ2n) is 7.59. The van der Waals surface area contributed by atoms with Crippen LogP contribution >= 0.6 is 0 Å². The Hall–Kier alpha value is -4.20. The lowest BCUT2D eigenvalue weighted by molar-refractivity contribution is -0.116. The summed E-state index contributed by atoms with van der Waals surface area (Å²) in [6.07, 6.45) is 0.463. The maximum atomic E-state index is 13.5. The van der Waals surface area contributed by atoms with Crippen molar-refractivity contribution in [2.24, 2.45) is 0 Å². The lowest BCUT2D eigenvalue weighted by Gasteiger charge is -2.12. The van der Waals surface area contributed by atoms with Crippen LogP contribution in [-0.4, -0.2) is 22.8 Å². The number of anilines is 1. The van der Waals surface area contributed by atoms with Crippen LogP contribution in [0.4, 0.5) is 14.5 Å². The Balaban J connectivity index is 1.61. The van der Waals surface area contributed by atoms with Gasteiger partial charge in [0.05, 0.1) is 18.5 Å². The fourth-order valence-electron chi connectivity index (χ4n) is 3.47. The first-order valence-corrected chi connectivity index (χ1v) is 10.6. The third-order valence-electron chi connectivity index (χ3n) is 5.19. The number of methoxy groups -OCH3 is 1. The van der Waals surface area contributed by atoms with E-state index in [1.165, 1.54) is 30.3 Å². The van der Waals surface area contributed by atoms with Gasteiger partial charge in [-0.15, -0.1) is 0 Å². The van der Waals surface area contributed by atoms with E-state index in [0.717, 1.165) is 5.56 Å². The smallest absolute Gasteiger partial charge is 0.226 e. The van der Waals surface area contributed by atoms with Crippen LogP contribution in [0.1, 0.15) is 17.7 Å². The summed E-state index contributed by atoms with van der Waals surface area (Å²) in [5.41, 5.74) is 2.41. The number of ether oxygens (including phenoxy) is 2. The summed E-state index contributed by atoms with van der Waals surface area (Å²) >= 11 is 0. The number of hydrogen-bond acceptors (Lipinski definition) is 4. The fraction of sp³-hybridized carbons (Fsp3) is 0.154. The van der Waals surface area contributed by atoms with Crippen molar-refractivity contribution in [1.82, 2.24) is 9.78 Å². The highest BCUT2D eigenvalue weighted by Crippen LogP contribution is 2.32. The molecule has 0 aliphatic heterocycles. The molecule has 0 unspecified atom stereocenters. The third kappa shape index (κ3) is 5.40. The van der Waals surface area contributed by atoms with E-state index in [9.17, 15) is 13.6 Å². The molecule has 174 valence electrons. The molecular formula is C26H23F2N3O3. The monoisotopic (exact) mass is 463 g/mol. The molecule has 8 heteroatoms. The number of hydrogen-bond donors (Lipinski definition) is 1. The molecule has 4 aromatic rings. The first-order valence-electron chi connectivity index (χ1n) is 10.6. The van der Waals surface area contributed by atoms with Crippen molar-refractivity contribution in [3.8, 4) is 23.1 Å². The molecule has 1 aromatic heterocycles. The highest BCUT2D eigenvalue weighted by molar-refractivity contribution is 5.90.